The molecule has 0 bridgehead atoms. The first-order valence-electron chi connectivity index (χ1n) is 12.2. The SMILES string of the molecule is CCCCCC(=CC(=O)[O-])CCCCC.CCCCCC(=CC(=O)[O-])CCCCC.[Zn+2]. The maximum absolute atomic E-state index is 10.5. The zero-order valence-electron chi connectivity index (χ0n) is 20.8. The summed E-state index contributed by atoms with van der Waals surface area (Å²) in [7, 11) is 0. The second-order valence-electron chi connectivity index (χ2n) is 8.07. The zero-order chi connectivity index (χ0) is 23.0. The van der Waals surface area contributed by atoms with Crippen molar-refractivity contribution in [3.8, 4) is 0 Å². The molecule has 0 atom stereocenters. The molecule has 0 aromatic heterocycles. The molecule has 0 aromatic carbocycles. The van der Waals surface area contributed by atoms with E-state index in [9.17, 15) is 19.8 Å². The van der Waals surface area contributed by atoms with Gasteiger partial charge in [-0.05, 0) is 63.5 Å². The Bertz CT molecular complexity index is 416. The molecule has 0 spiro atoms. The van der Waals surface area contributed by atoms with Gasteiger partial charge in [-0.25, -0.2) is 0 Å². The molecule has 0 saturated carbocycles. The first kappa shape index (κ1) is 34.7. The van der Waals surface area contributed by atoms with E-state index in [-0.39, 0.29) is 19.5 Å². The number of carboxylic acids is 2. The number of carbonyl (C=O) groups is 2. The van der Waals surface area contributed by atoms with Crippen LogP contribution in [-0.2, 0) is 29.1 Å². The third-order valence-electron chi connectivity index (χ3n) is 5.05. The molecular weight excluding hydrogens is 442 g/mol. The molecule has 0 unspecified atom stereocenters. The van der Waals surface area contributed by atoms with E-state index >= 15 is 0 Å². The van der Waals surface area contributed by atoms with E-state index in [4.69, 9.17) is 0 Å². The maximum atomic E-state index is 10.5. The second-order valence-corrected chi connectivity index (χ2v) is 8.07. The summed E-state index contributed by atoms with van der Waals surface area (Å²) in [5.41, 5.74) is 2.11. The first-order chi connectivity index (χ1) is 14.4. The van der Waals surface area contributed by atoms with Crippen molar-refractivity contribution in [3.05, 3.63) is 23.3 Å². The van der Waals surface area contributed by atoms with E-state index in [0.29, 0.717) is 0 Å². The number of allylic oxidation sites excluding steroid dienone is 2. The minimum absolute atomic E-state index is 0. The van der Waals surface area contributed by atoms with Crippen LogP contribution >= 0.6 is 0 Å². The van der Waals surface area contributed by atoms with Crippen molar-refractivity contribution in [3.63, 3.8) is 0 Å². The quantitative estimate of drug-likeness (QED) is 0.142. The number of carboxylic acid groups (broad SMARTS) is 2. The first-order valence-corrected chi connectivity index (χ1v) is 12.2. The smallest absolute Gasteiger partial charge is 0.545 e. The Morgan fingerprint density at radius 3 is 0.903 bits per heavy atom. The third kappa shape index (κ3) is 29.0. The summed E-state index contributed by atoms with van der Waals surface area (Å²) in [5, 5.41) is 21.0. The normalized spacial score (nSPS) is 9.68. The van der Waals surface area contributed by atoms with Gasteiger partial charge in [-0.3, -0.25) is 0 Å². The molecule has 0 aliphatic carbocycles. The molecule has 5 heteroatoms. The standard InChI is InChI=1S/2C13H24O2.Zn/c2*1-3-5-7-9-12(11-13(14)15)10-8-6-4-2;/h2*11H,3-10H2,1-2H3,(H,14,15);/q;;+2/p-2. The second kappa shape index (κ2) is 27.1. The molecule has 0 N–H and O–H groups in total. The summed E-state index contributed by atoms with van der Waals surface area (Å²) < 4.78 is 0. The van der Waals surface area contributed by atoms with E-state index in [0.717, 1.165) is 62.5 Å². The predicted octanol–water partition coefficient (Wildman–Crippen LogP) is 5.64. The molecule has 4 nitrogen and oxygen atoms in total. The van der Waals surface area contributed by atoms with Crippen LogP contribution in [0.1, 0.15) is 130 Å². The number of unbranched alkanes of at least 4 members (excludes halogenated alkanes) is 8. The summed E-state index contributed by atoms with van der Waals surface area (Å²) >= 11 is 0. The van der Waals surface area contributed by atoms with Crippen LogP contribution in [0.2, 0.25) is 0 Å². The summed E-state index contributed by atoms with van der Waals surface area (Å²) in [6.45, 7) is 8.61. The van der Waals surface area contributed by atoms with Crippen molar-refractivity contribution in [2.45, 2.75) is 130 Å². The Hall–Kier alpha value is -0.957. The molecule has 0 aliphatic heterocycles. The molecule has 0 aliphatic rings. The summed E-state index contributed by atoms with van der Waals surface area (Å²) in [5.74, 6) is -2.09. The van der Waals surface area contributed by atoms with Crippen molar-refractivity contribution < 1.29 is 39.3 Å². The fraction of sp³-hybridized carbons (Fsp3) is 0.769. The summed E-state index contributed by atoms with van der Waals surface area (Å²) in [6, 6.07) is 0. The molecule has 176 valence electrons. The Kier molecular flexibility index (Phi) is 30.3. The van der Waals surface area contributed by atoms with Crippen LogP contribution in [0.3, 0.4) is 0 Å². The van der Waals surface area contributed by atoms with Crippen LogP contribution in [0, 0.1) is 0 Å². The molecule has 0 amide bonds. The average Bonchev–Trinajstić information content (AvgIpc) is 2.68. The van der Waals surface area contributed by atoms with E-state index in [1.165, 1.54) is 63.5 Å². The van der Waals surface area contributed by atoms with Crippen LogP contribution in [0.4, 0.5) is 0 Å². The number of rotatable bonds is 18. The van der Waals surface area contributed by atoms with Crippen LogP contribution in [0.5, 0.6) is 0 Å². The average molecular weight is 488 g/mol. The van der Waals surface area contributed by atoms with Crippen LogP contribution in [0.25, 0.3) is 0 Å². The maximum Gasteiger partial charge on any atom is 2.00 e. The van der Waals surface area contributed by atoms with E-state index in [1.54, 1.807) is 0 Å². The fourth-order valence-electron chi connectivity index (χ4n) is 3.28. The summed E-state index contributed by atoms with van der Waals surface area (Å²) in [4.78, 5) is 21.0. The Balaban J connectivity index is -0.000000490. The molecule has 0 fully saturated rings. The van der Waals surface area contributed by atoms with Gasteiger partial charge in [0.15, 0.2) is 0 Å². The largest absolute Gasteiger partial charge is 2.00 e. The van der Waals surface area contributed by atoms with E-state index in [2.05, 4.69) is 27.7 Å². The monoisotopic (exact) mass is 486 g/mol. The van der Waals surface area contributed by atoms with Crippen molar-refractivity contribution >= 4 is 11.9 Å². The predicted molar refractivity (Wildman–Crippen MR) is 123 cm³/mol. The minimum atomic E-state index is -1.04. The third-order valence-corrected chi connectivity index (χ3v) is 5.05. The molecule has 0 heterocycles. The van der Waals surface area contributed by atoms with Gasteiger partial charge in [0, 0.05) is 0 Å². The minimum Gasteiger partial charge on any atom is -0.545 e. The molecular formula is C26H46O4Zn. The number of hydrogen-bond acceptors (Lipinski definition) is 4. The van der Waals surface area contributed by atoms with Crippen molar-refractivity contribution in [1.29, 1.82) is 0 Å². The van der Waals surface area contributed by atoms with Crippen LogP contribution in [0.15, 0.2) is 23.3 Å². The van der Waals surface area contributed by atoms with Gasteiger partial charge in [-0.1, -0.05) is 90.2 Å². The van der Waals surface area contributed by atoms with Crippen molar-refractivity contribution in [2.75, 3.05) is 0 Å². The van der Waals surface area contributed by atoms with Gasteiger partial charge < -0.3 is 19.8 Å². The van der Waals surface area contributed by atoms with E-state index < -0.39 is 11.9 Å². The summed E-state index contributed by atoms with van der Waals surface area (Å²) in [6.07, 6.45) is 20.1. The van der Waals surface area contributed by atoms with Crippen LogP contribution in [-0.4, -0.2) is 11.9 Å². The number of hydrogen-bond donors (Lipinski definition) is 0. The molecule has 31 heavy (non-hydrogen) atoms. The van der Waals surface area contributed by atoms with Crippen molar-refractivity contribution in [2.24, 2.45) is 0 Å². The molecule has 0 rings (SSSR count). The number of carbonyl (C=O) groups excluding carboxylic acids is 2. The van der Waals surface area contributed by atoms with Gasteiger partial charge in [-0.15, -0.1) is 0 Å². The van der Waals surface area contributed by atoms with Gasteiger partial charge in [0.1, 0.15) is 0 Å². The molecule has 0 aromatic rings. The number of aliphatic carboxylic acids is 2. The van der Waals surface area contributed by atoms with Gasteiger partial charge in [0.25, 0.3) is 0 Å². The van der Waals surface area contributed by atoms with Gasteiger partial charge in [-0.2, -0.15) is 0 Å². The molecule has 0 saturated heterocycles. The van der Waals surface area contributed by atoms with E-state index in [1.807, 2.05) is 0 Å². The molecule has 0 radical (unpaired) electrons. The zero-order valence-corrected chi connectivity index (χ0v) is 23.8. The van der Waals surface area contributed by atoms with Gasteiger partial charge >= 0.3 is 19.5 Å². The van der Waals surface area contributed by atoms with Crippen molar-refractivity contribution in [1.82, 2.24) is 0 Å². The topological polar surface area (TPSA) is 80.3 Å². The van der Waals surface area contributed by atoms with Gasteiger partial charge in [0.2, 0.25) is 0 Å². The Morgan fingerprint density at radius 2 is 0.742 bits per heavy atom. The fourth-order valence-corrected chi connectivity index (χ4v) is 3.28. The Morgan fingerprint density at radius 1 is 0.516 bits per heavy atom. The Labute approximate surface area is 204 Å². The van der Waals surface area contributed by atoms with Crippen LogP contribution < -0.4 is 10.2 Å². The van der Waals surface area contributed by atoms with Gasteiger partial charge in [0.05, 0.1) is 11.9 Å².